The maximum Gasteiger partial charge on any atom is -0.00135 e. The summed E-state index contributed by atoms with van der Waals surface area (Å²) in [5.41, 5.74) is 0. The first-order valence-electron chi connectivity index (χ1n) is 1.78. The van der Waals surface area contributed by atoms with Crippen LogP contribution in [-0.4, -0.2) is 5.87 Å². The topological polar surface area (TPSA) is 23.9 Å². The molecule has 0 aromatic carbocycles. The molecule has 0 amide bonds. The van der Waals surface area contributed by atoms with Gasteiger partial charge in [-0.15, -0.1) is 0 Å². The minimum absolute atomic E-state index is 1.54. The molecule has 6 heavy (non-hydrogen) atoms. The smallest absolute Gasteiger partial charge is 0.00135 e. The Hall–Kier alpha value is -0.810. The van der Waals surface area contributed by atoms with Crippen LogP contribution in [0.1, 0.15) is 6.92 Å². The van der Waals surface area contributed by atoms with Gasteiger partial charge < -0.3 is 0 Å². The molecular formula is C5H7N. The number of hydrogen-bond acceptors (Lipinski definition) is 1. The van der Waals surface area contributed by atoms with Gasteiger partial charge >= 0.3 is 0 Å². The van der Waals surface area contributed by atoms with Crippen molar-refractivity contribution in [1.29, 1.82) is 5.41 Å². The Bertz CT molecular complexity index is 86.1. The molecule has 32 valence electrons. The molecule has 0 unspecified atom stereocenters. The molecule has 0 heterocycles. The van der Waals surface area contributed by atoms with Crippen molar-refractivity contribution in [1.82, 2.24) is 0 Å². The van der Waals surface area contributed by atoms with Crippen molar-refractivity contribution in [2.24, 2.45) is 0 Å². The summed E-state index contributed by atoms with van der Waals surface area (Å²) < 4.78 is 0. The number of allylic oxidation sites excluding steroid dienone is 3. The Morgan fingerprint density at radius 3 is 2.50 bits per heavy atom. The van der Waals surface area contributed by atoms with Crippen LogP contribution in [0.15, 0.2) is 18.2 Å². The van der Waals surface area contributed by atoms with Crippen molar-refractivity contribution in [3.8, 4) is 0 Å². The predicted molar refractivity (Wildman–Crippen MR) is 27.1 cm³/mol. The van der Waals surface area contributed by atoms with Gasteiger partial charge in [0.05, 0.1) is 0 Å². The molecule has 0 aliphatic carbocycles. The normalized spacial score (nSPS) is 8.17. The summed E-state index contributed by atoms with van der Waals surface area (Å²) in [6.07, 6.45) is 5.15. The molecular weight excluding hydrogens is 74.1 g/mol. The van der Waals surface area contributed by atoms with E-state index in [0.29, 0.717) is 0 Å². The van der Waals surface area contributed by atoms with Crippen molar-refractivity contribution in [2.75, 3.05) is 0 Å². The Kier molecular flexibility index (Phi) is 3.62. The largest absolute Gasteiger partial charge is 0.259 e. The second kappa shape index (κ2) is 4.19. The highest BCUT2D eigenvalue weighted by atomic mass is 14.3. The Labute approximate surface area is 37.5 Å². The maximum absolute atomic E-state index is 6.35. The Morgan fingerprint density at radius 2 is 2.33 bits per heavy atom. The summed E-state index contributed by atoms with van der Waals surface area (Å²) in [6, 6.07) is 0. The molecule has 1 nitrogen and oxygen atoms in total. The van der Waals surface area contributed by atoms with E-state index >= 15 is 0 Å². The van der Waals surface area contributed by atoms with Gasteiger partial charge in [-0.2, -0.15) is 0 Å². The highest BCUT2D eigenvalue weighted by Crippen LogP contribution is 1.64. The van der Waals surface area contributed by atoms with Crippen LogP contribution in [0.5, 0.6) is 0 Å². The van der Waals surface area contributed by atoms with E-state index in [1.165, 1.54) is 0 Å². The highest BCUT2D eigenvalue weighted by Gasteiger charge is 1.47. The quantitative estimate of drug-likeness (QED) is 0.364. The predicted octanol–water partition coefficient (Wildman–Crippen LogP) is 1.37. The minimum Gasteiger partial charge on any atom is -0.259 e. The first-order chi connectivity index (χ1) is 2.91. The fourth-order valence-corrected chi connectivity index (χ4v) is 0.144. The molecule has 0 aliphatic heterocycles. The summed E-state index contributed by atoms with van der Waals surface area (Å²) in [6.45, 7) is 1.90. The van der Waals surface area contributed by atoms with Crippen molar-refractivity contribution in [3.05, 3.63) is 18.2 Å². The van der Waals surface area contributed by atoms with Gasteiger partial charge in [0, 0.05) is 0 Å². The molecule has 0 fully saturated rings. The Morgan fingerprint density at radius 1 is 1.67 bits per heavy atom. The summed E-state index contributed by atoms with van der Waals surface area (Å²) in [5, 5.41) is 6.35. The van der Waals surface area contributed by atoms with Crippen LogP contribution >= 0.6 is 0 Å². The van der Waals surface area contributed by atoms with Crippen LogP contribution in [0.2, 0.25) is 0 Å². The number of hydrogen-bond donors (Lipinski definition) is 1. The molecule has 1 N–H and O–H groups in total. The van der Waals surface area contributed by atoms with Gasteiger partial charge in [0.1, 0.15) is 0 Å². The lowest BCUT2D eigenvalue weighted by Gasteiger charge is -1.56. The van der Waals surface area contributed by atoms with Crippen molar-refractivity contribution in [3.63, 3.8) is 0 Å². The first kappa shape index (κ1) is 5.19. The second-order valence-corrected chi connectivity index (χ2v) is 0.837. The highest BCUT2D eigenvalue weighted by molar-refractivity contribution is 5.50. The summed E-state index contributed by atoms with van der Waals surface area (Å²) in [7, 11) is 0. The minimum atomic E-state index is 1.54. The summed E-state index contributed by atoms with van der Waals surface area (Å²) >= 11 is 0. The zero-order valence-electron chi connectivity index (χ0n) is 3.73. The van der Waals surface area contributed by atoms with Gasteiger partial charge in [-0.05, 0) is 18.9 Å². The van der Waals surface area contributed by atoms with Crippen molar-refractivity contribution >= 4 is 5.87 Å². The molecule has 0 atom stereocenters. The van der Waals surface area contributed by atoms with E-state index < -0.39 is 0 Å². The average molecular weight is 81.1 g/mol. The molecule has 0 spiro atoms. The van der Waals surface area contributed by atoms with E-state index in [0.717, 1.165) is 0 Å². The van der Waals surface area contributed by atoms with Crippen LogP contribution in [0.25, 0.3) is 0 Å². The molecule has 0 bridgehead atoms. The first-order valence-corrected chi connectivity index (χ1v) is 1.78. The van der Waals surface area contributed by atoms with Gasteiger partial charge in [0.15, 0.2) is 0 Å². The molecule has 0 aliphatic rings. The fourth-order valence-electron chi connectivity index (χ4n) is 0.144. The van der Waals surface area contributed by atoms with E-state index in [9.17, 15) is 0 Å². The molecule has 0 rings (SSSR count). The monoisotopic (exact) mass is 81.1 g/mol. The van der Waals surface area contributed by atoms with E-state index in [1.807, 2.05) is 13.0 Å². The maximum atomic E-state index is 6.35. The second-order valence-electron chi connectivity index (χ2n) is 0.837. The van der Waals surface area contributed by atoms with Gasteiger partial charge in [-0.1, -0.05) is 12.2 Å². The lowest BCUT2D eigenvalue weighted by Crippen LogP contribution is -1.42. The zero-order valence-corrected chi connectivity index (χ0v) is 3.73. The van der Waals surface area contributed by atoms with E-state index in [4.69, 9.17) is 5.41 Å². The van der Waals surface area contributed by atoms with Gasteiger partial charge in [-0.25, -0.2) is 0 Å². The SMILES string of the molecule is CC=CC=C=N. The number of rotatable bonds is 1. The molecule has 0 radical (unpaired) electrons. The van der Waals surface area contributed by atoms with Crippen LogP contribution in [0.3, 0.4) is 0 Å². The lowest BCUT2D eigenvalue weighted by molar-refractivity contribution is 1.59. The third kappa shape index (κ3) is 3.19. The summed E-state index contributed by atoms with van der Waals surface area (Å²) in [4.78, 5) is 0. The molecule has 0 aromatic rings. The van der Waals surface area contributed by atoms with Gasteiger partial charge in [0.25, 0.3) is 0 Å². The molecule has 1 heteroatoms. The number of nitrogens with one attached hydrogen (secondary N) is 1. The van der Waals surface area contributed by atoms with Crippen LogP contribution < -0.4 is 0 Å². The van der Waals surface area contributed by atoms with Crippen LogP contribution in [-0.2, 0) is 0 Å². The third-order valence-electron chi connectivity index (χ3n) is 0.372. The fraction of sp³-hybridized carbons (Fsp3) is 0.200. The van der Waals surface area contributed by atoms with Gasteiger partial charge in [0.2, 0.25) is 0 Å². The Balaban J connectivity index is 3.33. The lowest BCUT2D eigenvalue weighted by atomic mass is 10.5. The van der Waals surface area contributed by atoms with E-state index in [1.54, 1.807) is 12.2 Å². The van der Waals surface area contributed by atoms with Crippen LogP contribution in [0.4, 0.5) is 0 Å². The van der Waals surface area contributed by atoms with E-state index in [2.05, 4.69) is 5.87 Å². The average Bonchev–Trinajstić information content (AvgIpc) is 1.61. The van der Waals surface area contributed by atoms with Crippen LogP contribution in [0, 0.1) is 5.41 Å². The van der Waals surface area contributed by atoms with Crippen molar-refractivity contribution in [2.45, 2.75) is 6.92 Å². The third-order valence-corrected chi connectivity index (χ3v) is 0.372. The van der Waals surface area contributed by atoms with Gasteiger partial charge in [-0.3, -0.25) is 5.41 Å². The summed E-state index contributed by atoms with van der Waals surface area (Å²) in [5.74, 6) is 2.11. The molecule has 0 saturated carbocycles. The zero-order chi connectivity index (χ0) is 4.83. The molecule has 0 saturated heterocycles. The standard InChI is InChI=1S/C5H7N/c1-2-3-4-5-6/h2-4,6H,1H3. The van der Waals surface area contributed by atoms with E-state index in [-0.39, 0.29) is 0 Å². The van der Waals surface area contributed by atoms with Crippen molar-refractivity contribution < 1.29 is 0 Å². The molecule has 0 aromatic heterocycles.